The number of anilines is 1. The minimum Gasteiger partial charge on any atom is -0.350 e. The van der Waals surface area contributed by atoms with E-state index in [0.717, 1.165) is 29.4 Å². The Morgan fingerprint density at radius 2 is 1.65 bits per heavy atom. The van der Waals surface area contributed by atoms with E-state index in [1.54, 1.807) is 26.8 Å². The lowest BCUT2D eigenvalue weighted by molar-refractivity contribution is -0.140. The Labute approximate surface area is 224 Å². The summed E-state index contributed by atoms with van der Waals surface area (Å²) in [4.78, 5) is 27.5. The number of nitrogens with one attached hydrogen (secondary N) is 1. The first-order valence-electron chi connectivity index (χ1n) is 11.0. The number of hydrogen-bond acceptors (Lipinski definition) is 4. The lowest BCUT2D eigenvalue weighted by atomic mass is 10.1. The van der Waals surface area contributed by atoms with Crippen molar-refractivity contribution in [1.82, 2.24) is 10.2 Å². The number of carbonyl (C=O) groups excluding carboxylic acids is 2. The fourth-order valence-corrected chi connectivity index (χ4v) is 4.50. The number of benzene rings is 2. The van der Waals surface area contributed by atoms with Crippen molar-refractivity contribution in [2.75, 3.05) is 17.1 Å². The van der Waals surface area contributed by atoms with E-state index >= 15 is 0 Å². The molecule has 1 N–H and O–H groups in total. The molecular formula is C24H28Cl2F3N3O4S. The second kappa shape index (κ2) is 11.5. The number of carbonyl (C=O) groups is 2. The van der Waals surface area contributed by atoms with Gasteiger partial charge in [0.05, 0.1) is 27.6 Å². The molecule has 13 heteroatoms. The van der Waals surface area contributed by atoms with E-state index < -0.39 is 51.7 Å². The van der Waals surface area contributed by atoms with Crippen LogP contribution in [-0.4, -0.2) is 49.5 Å². The van der Waals surface area contributed by atoms with Crippen LogP contribution < -0.4 is 9.62 Å². The molecule has 37 heavy (non-hydrogen) atoms. The molecule has 0 heterocycles. The highest BCUT2D eigenvalue weighted by atomic mass is 35.5. The Balaban J connectivity index is 2.48. The quantitative estimate of drug-likeness (QED) is 0.469. The summed E-state index contributed by atoms with van der Waals surface area (Å²) < 4.78 is 65.4. The lowest BCUT2D eigenvalue weighted by Gasteiger charge is -2.33. The molecule has 0 unspecified atom stereocenters. The van der Waals surface area contributed by atoms with Crippen LogP contribution in [0.2, 0.25) is 10.0 Å². The minimum atomic E-state index is -4.72. The highest BCUT2D eigenvalue weighted by Crippen LogP contribution is 2.32. The minimum absolute atomic E-state index is 0.144. The predicted octanol–water partition coefficient (Wildman–Crippen LogP) is 5.11. The van der Waals surface area contributed by atoms with Crippen LogP contribution >= 0.6 is 23.2 Å². The third kappa shape index (κ3) is 8.79. The standard InChI is InChI=1S/C24H28Cl2F3N3O4S/c1-15(22(34)30-23(2,3)4)31(13-16-9-10-19(25)20(26)11-16)21(33)14-32(37(5,35)36)18-8-6-7-17(12-18)24(27,28)29/h6-12,15H,13-14H2,1-5H3,(H,30,34)/t15-/m1/s1. The van der Waals surface area contributed by atoms with Crippen molar-refractivity contribution in [2.45, 2.75) is 52.0 Å². The second-order valence-corrected chi connectivity index (χ2v) is 12.2. The number of halogens is 5. The van der Waals surface area contributed by atoms with E-state index in [4.69, 9.17) is 23.2 Å². The first kappa shape index (κ1) is 30.7. The fourth-order valence-electron chi connectivity index (χ4n) is 3.34. The molecular weight excluding hydrogens is 554 g/mol. The zero-order valence-electron chi connectivity index (χ0n) is 20.9. The summed E-state index contributed by atoms with van der Waals surface area (Å²) in [6.07, 6.45) is -3.94. The number of nitrogens with zero attached hydrogens (tertiary/aromatic N) is 2. The molecule has 2 amide bonds. The van der Waals surface area contributed by atoms with Crippen molar-refractivity contribution in [3.8, 4) is 0 Å². The van der Waals surface area contributed by atoms with E-state index in [1.807, 2.05) is 0 Å². The highest BCUT2D eigenvalue weighted by Gasteiger charge is 2.34. The van der Waals surface area contributed by atoms with Gasteiger partial charge in [-0.25, -0.2) is 8.42 Å². The predicted molar refractivity (Wildman–Crippen MR) is 138 cm³/mol. The Morgan fingerprint density at radius 1 is 1.03 bits per heavy atom. The van der Waals surface area contributed by atoms with Gasteiger partial charge >= 0.3 is 6.18 Å². The normalized spacial score (nSPS) is 13.1. The molecule has 0 saturated carbocycles. The lowest BCUT2D eigenvalue weighted by Crippen LogP contribution is -2.54. The van der Waals surface area contributed by atoms with Gasteiger partial charge in [-0.05, 0) is 63.6 Å². The molecule has 0 aliphatic rings. The third-order valence-electron chi connectivity index (χ3n) is 5.14. The molecule has 2 aromatic carbocycles. The number of rotatable bonds is 8. The average molecular weight is 582 g/mol. The first-order chi connectivity index (χ1) is 16.8. The largest absolute Gasteiger partial charge is 0.416 e. The van der Waals surface area contributed by atoms with Gasteiger partial charge in [0.25, 0.3) is 0 Å². The molecule has 0 aliphatic carbocycles. The van der Waals surface area contributed by atoms with Crippen LogP contribution in [0.5, 0.6) is 0 Å². The summed E-state index contributed by atoms with van der Waals surface area (Å²) in [6, 6.07) is 7.17. The number of alkyl halides is 3. The highest BCUT2D eigenvalue weighted by molar-refractivity contribution is 7.92. The molecule has 2 rings (SSSR count). The van der Waals surface area contributed by atoms with E-state index in [0.29, 0.717) is 15.9 Å². The van der Waals surface area contributed by atoms with Crippen LogP contribution in [0.15, 0.2) is 42.5 Å². The van der Waals surface area contributed by atoms with Crippen LogP contribution in [0.1, 0.15) is 38.8 Å². The first-order valence-corrected chi connectivity index (χ1v) is 13.6. The molecule has 7 nitrogen and oxygen atoms in total. The SMILES string of the molecule is C[C@H](C(=O)NC(C)(C)C)N(Cc1ccc(Cl)c(Cl)c1)C(=O)CN(c1cccc(C(F)(F)F)c1)S(C)(=O)=O. The Kier molecular flexibility index (Phi) is 9.54. The van der Waals surface area contributed by atoms with E-state index in [2.05, 4.69) is 5.32 Å². The summed E-state index contributed by atoms with van der Waals surface area (Å²) in [5, 5.41) is 3.24. The Hall–Kier alpha value is -2.50. The zero-order valence-corrected chi connectivity index (χ0v) is 23.2. The molecule has 2 aromatic rings. The maximum atomic E-state index is 13.5. The summed E-state index contributed by atoms with van der Waals surface area (Å²) in [6.45, 7) is 5.74. The Morgan fingerprint density at radius 3 is 2.16 bits per heavy atom. The molecule has 0 bridgehead atoms. The summed E-state index contributed by atoms with van der Waals surface area (Å²) >= 11 is 12.1. The van der Waals surface area contributed by atoms with Gasteiger partial charge in [-0.15, -0.1) is 0 Å². The van der Waals surface area contributed by atoms with Gasteiger partial charge in [0, 0.05) is 12.1 Å². The van der Waals surface area contributed by atoms with Gasteiger partial charge < -0.3 is 10.2 Å². The summed E-state index contributed by atoms with van der Waals surface area (Å²) in [7, 11) is -4.19. The zero-order chi connectivity index (χ0) is 28.3. The molecule has 204 valence electrons. The van der Waals surface area contributed by atoms with Gasteiger partial charge in [0.15, 0.2) is 0 Å². The maximum Gasteiger partial charge on any atom is 0.416 e. The molecule has 0 aromatic heterocycles. The van der Waals surface area contributed by atoms with E-state index in [9.17, 15) is 31.2 Å². The van der Waals surface area contributed by atoms with Crippen LogP contribution in [0.4, 0.5) is 18.9 Å². The third-order valence-corrected chi connectivity index (χ3v) is 7.02. The average Bonchev–Trinajstić information content (AvgIpc) is 2.75. The molecule has 0 fully saturated rings. The van der Waals surface area contributed by atoms with Gasteiger partial charge in [-0.2, -0.15) is 13.2 Å². The van der Waals surface area contributed by atoms with Crippen molar-refractivity contribution in [2.24, 2.45) is 0 Å². The second-order valence-electron chi connectivity index (χ2n) is 9.50. The Bertz CT molecular complexity index is 1260. The van der Waals surface area contributed by atoms with Crippen molar-refractivity contribution in [3.63, 3.8) is 0 Å². The monoisotopic (exact) mass is 581 g/mol. The maximum absolute atomic E-state index is 13.5. The van der Waals surface area contributed by atoms with Crippen LogP contribution in [0.25, 0.3) is 0 Å². The van der Waals surface area contributed by atoms with Crippen LogP contribution in [-0.2, 0) is 32.3 Å². The van der Waals surface area contributed by atoms with Crippen molar-refractivity contribution in [1.29, 1.82) is 0 Å². The summed E-state index contributed by atoms with van der Waals surface area (Å²) in [5.41, 5.74) is -1.53. The van der Waals surface area contributed by atoms with Crippen molar-refractivity contribution in [3.05, 3.63) is 63.6 Å². The van der Waals surface area contributed by atoms with Crippen LogP contribution in [0.3, 0.4) is 0 Å². The number of sulfonamides is 1. The molecule has 0 saturated heterocycles. The molecule has 0 spiro atoms. The van der Waals surface area contributed by atoms with E-state index in [1.165, 1.54) is 19.1 Å². The number of amides is 2. The molecule has 1 atom stereocenters. The summed E-state index contributed by atoms with van der Waals surface area (Å²) in [5.74, 6) is -1.32. The topological polar surface area (TPSA) is 86.8 Å². The van der Waals surface area contributed by atoms with Gasteiger partial charge in [0.2, 0.25) is 21.8 Å². The van der Waals surface area contributed by atoms with Gasteiger partial charge in [-0.3, -0.25) is 13.9 Å². The molecule has 0 aliphatic heterocycles. The van der Waals surface area contributed by atoms with E-state index in [-0.39, 0.29) is 22.3 Å². The fraction of sp³-hybridized carbons (Fsp3) is 0.417. The van der Waals surface area contributed by atoms with Crippen molar-refractivity contribution < 1.29 is 31.2 Å². The van der Waals surface area contributed by atoms with Crippen molar-refractivity contribution >= 4 is 50.7 Å². The van der Waals surface area contributed by atoms with Gasteiger partial charge in [-0.1, -0.05) is 35.3 Å². The van der Waals surface area contributed by atoms with Crippen LogP contribution in [0, 0.1) is 0 Å². The van der Waals surface area contributed by atoms with Gasteiger partial charge in [0.1, 0.15) is 12.6 Å². The number of hydrogen-bond donors (Lipinski definition) is 1. The smallest absolute Gasteiger partial charge is 0.350 e. The molecule has 0 radical (unpaired) electrons.